The Kier molecular flexibility index (Phi) is 4.46. The van der Waals surface area contributed by atoms with Gasteiger partial charge in [0.15, 0.2) is 11.5 Å². The van der Waals surface area contributed by atoms with Crippen LogP contribution in [-0.4, -0.2) is 32.9 Å². The van der Waals surface area contributed by atoms with Gasteiger partial charge in [-0.05, 0) is 12.1 Å². The van der Waals surface area contributed by atoms with E-state index in [2.05, 4.69) is 10.1 Å². The van der Waals surface area contributed by atoms with E-state index in [0.717, 1.165) is 4.88 Å². The Labute approximate surface area is 140 Å². The van der Waals surface area contributed by atoms with Crippen LogP contribution in [-0.2, 0) is 17.9 Å². The minimum Gasteiger partial charge on any atom is -0.476 e. The number of aromatic carboxylic acids is 1. The molecule has 0 fully saturated rings. The fourth-order valence-corrected chi connectivity index (χ4v) is 3.05. The number of nitrogens with zero attached hydrogens (tertiary/aromatic N) is 3. The topological polar surface area (TPSA) is 90.4 Å². The Morgan fingerprint density at radius 1 is 1.52 bits per heavy atom. The van der Waals surface area contributed by atoms with Crippen LogP contribution in [0.1, 0.15) is 22.0 Å². The second-order valence-electron chi connectivity index (χ2n) is 4.69. The molecule has 0 saturated heterocycles. The number of ether oxygens (including phenoxy) is 1. The van der Waals surface area contributed by atoms with E-state index in [1.54, 1.807) is 16.7 Å². The Bertz CT molecular complexity index is 839. The third-order valence-electron chi connectivity index (χ3n) is 3.06. The second-order valence-corrected chi connectivity index (χ2v) is 6.41. The minimum atomic E-state index is -1.09. The van der Waals surface area contributed by atoms with Crippen molar-refractivity contribution in [3.05, 3.63) is 45.9 Å². The van der Waals surface area contributed by atoms with E-state index in [-0.39, 0.29) is 12.3 Å². The molecule has 0 aliphatic heterocycles. The number of hydrogen-bond acceptors (Lipinski definition) is 6. The van der Waals surface area contributed by atoms with Crippen molar-refractivity contribution in [2.75, 3.05) is 7.11 Å². The van der Waals surface area contributed by atoms with E-state index in [9.17, 15) is 4.79 Å². The fraction of sp³-hybridized carbons (Fsp3) is 0.214. The smallest absolute Gasteiger partial charge is 0.356 e. The quantitative estimate of drug-likeness (QED) is 0.732. The molecule has 3 heterocycles. The van der Waals surface area contributed by atoms with Gasteiger partial charge < -0.3 is 18.9 Å². The van der Waals surface area contributed by atoms with Gasteiger partial charge in [-0.15, -0.1) is 11.3 Å². The zero-order valence-electron chi connectivity index (χ0n) is 12.0. The van der Waals surface area contributed by atoms with Crippen molar-refractivity contribution in [2.24, 2.45) is 0 Å². The number of methoxy groups -OCH3 is 1. The van der Waals surface area contributed by atoms with Crippen LogP contribution in [0.2, 0.25) is 4.34 Å². The highest BCUT2D eigenvalue weighted by atomic mass is 35.5. The molecule has 1 N–H and O–H groups in total. The summed E-state index contributed by atoms with van der Waals surface area (Å²) in [7, 11) is 1.52. The molecule has 0 amide bonds. The van der Waals surface area contributed by atoms with E-state index in [4.69, 9.17) is 26.0 Å². The summed E-state index contributed by atoms with van der Waals surface area (Å²) in [6.45, 7) is 0.542. The molecule has 3 aromatic rings. The number of rotatable bonds is 6. The summed E-state index contributed by atoms with van der Waals surface area (Å²) in [6, 6.07) is 5.43. The molecule has 0 aliphatic rings. The molecule has 23 heavy (non-hydrogen) atoms. The highest BCUT2D eigenvalue weighted by Crippen LogP contribution is 2.31. The molecule has 120 valence electrons. The van der Waals surface area contributed by atoms with Crippen LogP contribution in [0.5, 0.6) is 0 Å². The van der Waals surface area contributed by atoms with Gasteiger partial charge in [-0.25, -0.2) is 9.78 Å². The number of imidazole rings is 1. The molecule has 3 aromatic heterocycles. The number of aromatic nitrogens is 3. The van der Waals surface area contributed by atoms with Gasteiger partial charge in [0.05, 0.1) is 15.8 Å². The van der Waals surface area contributed by atoms with Gasteiger partial charge in [0.2, 0.25) is 0 Å². The SMILES string of the molecule is COCc1nc(C(=O)O)cn1Cc1cc(-c2ccc(Cl)s2)on1. The van der Waals surface area contributed by atoms with E-state index in [1.165, 1.54) is 24.6 Å². The van der Waals surface area contributed by atoms with Gasteiger partial charge in [-0.1, -0.05) is 16.8 Å². The molecule has 9 heteroatoms. The lowest BCUT2D eigenvalue weighted by Gasteiger charge is -2.03. The predicted molar refractivity (Wildman–Crippen MR) is 83.8 cm³/mol. The number of carboxylic acid groups (broad SMARTS) is 1. The predicted octanol–water partition coefficient (Wildman–Crippen LogP) is 3.15. The van der Waals surface area contributed by atoms with Crippen molar-refractivity contribution >= 4 is 28.9 Å². The summed E-state index contributed by atoms with van der Waals surface area (Å²) in [5, 5.41) is 13.1. The molecular weight excluding hydrogens is 342 g/mol. The van der Waals surface area contributed by atoms with Crippen LogP contribution >= 0.6 is 22.9 Å². The molecule has 0 bridgehead atoms. The highest BCUT2D eigenvalue weighted by Gasteiger charge is 2.15. The largest absolute Gasteiger partial charge is 0.476 e. The monoisotopic (exact) mass is 353 g/mol. The molecule has 0 saturated carbocycles. The third-order valence-corrected chi connectivity index (χ3v) is 4.30. The first-order valence-electron chi connectivity index (χ1n) is 6.56. The van der Waals surface area contributed by atoms with Crippen LogP contribution in [0.25, 0.3) is 10.6 Å². The Hall–Kier alpha value is -2.16. The van der Waals surface area contributed by atoms with E-state index in [1.807, 2.05) is 6.07 Å². The second kappa shape index (κ2) is 6.53. The molecular formula is C14H12ClN3O4S. The average molecular weight is 354 g/mol. The van der Waals surface area contributed by atoms with Crippen molar-refractivity contribution in [3.8, 4) is 10.6 Å². The van der Waals surface area contributed by atoms with Gasteiger partial charge in [0.1, 0.15) is 18.1 Å². The number of hydrogen-bond donors (Lipinski definition) is 1. The van der Waals surface area contributed by atoms with Gasteiger partial charge in [-0.3, -0.25) is 0 Å². The highest BCUT2D eigenvalue weighted by molar-refractivity contribution is 7.19. The minimum absolute atomic E-state index is 0.0363. The summed E-state index contributed by atoms with van der Waals surface area (Å²) in [5.41, 5.74) is 0.613. The molecule has 0 radical (unpaired) electrons. The van der Waals surface area contributed by atoms with E-state index in [0.29, 0.717) is 28.2 Å². The van der Waals surface area contributed by atoms with Gasteiger partial charge in [-0.2, -0.15) is 0 Å². The van der Waals surface area contributed by atoms with Crippen LogP contribution in [0.3, 0.4) is 0 Å². The summed E-state index contributed by atoms with van der Waals surface area (Å²) < 4.78 is 12.7. The lowest BCUT2D eigenvalue weighted by Crippen LogP contribution is -2.05. The summed E-state index contributed by atoms with van der Waals surface area (Å²) in [4.78, 5) is 16.0. The van der Waals surface area contributed by atoms with Crippen LogP contribution in [0.4, 0.5) is 0 Å². The maximum atomic E-state index is 11.1. The summed E-state index contributed by atoms with van der Waals surface area (Å²) in [5.74, 6) is 0.0348. The Morgan fingerprint density at radius 2 is 2.35 bits per heavy atom. The number of halogens is 1. The van der Waals surface area contributed by atoms with Crippen LogP contribution in [0.15, 0.2) is 28.9 Å². The van der Waals surface area contributed by atoms with Crippen LogP contribution in [0, 0.1) is 0 Å². The van der Waals surface area contributed by atoms with Crippen molar-refractivity contribution in [2.45, 2.75) is 13.2 Å². The van der Waals surface area contributed by atoms with Crippen molar-refractivity contribution in [1.29, 1.82) is 0 Å². The normalized spacial score (nSPS) is 11.0. The first kappa shape index (κ1) is 15.7. The van der Waals surface area contributed by atoms with Crippen molar-refractivity contribution in [3.63, 3.8) is 0 Å². The maximum Gasteiger partial charge on any atom is 0.356 e. The lowest BCUT2D eigenvalue weighted by atomic mass is 10.3. The van der Waals surface area contributed by atoms with Crippen molar-refractivity contribution in [1.82, 2.24) is 14.7 Å². The number of carbonyl (C=O) groups is 1. The zero-order chi connectivity index (χ0) is 16.4. The number of carboxylic acids is 1. The summed E-state index contributed by atoms with van der Waals surface area (Å²) in [6.07, 6.45) is 1.45. The first-order chi connectivity index (χ1) is 11.1. The lowest BCUT2D eigenvalue weighted by molar-refractivity contribution is 0.0690. The Morgan fingerprint density at radius 3 is 3.00 bits per heavy atom. The molecule has 0 aliphatic carbocycles. The molecule has 0 atom stereocenters. The molecule has 0 aromatic carbocycles. The summed E-state index contributed by atoms with van der Waals surface area (Å²) >= 11 is 7.30. The Balaban J connectivity index is 1.84. The van der Waals surface area contributed by atoms with Gasteiger partial charge >= 0.3 is 5.97 Å². The molecule has 0 unspecified atom stereocenters. The third kappa shape index (κ3) is 3.44. The standard InChI is InChI=1S/C14H12ClN3O4S/c1-21-7-13-16-9(14(19)20)6-18(13)5-8-4-10(22-17-8)11-2-3-12(15)23-11/h2-4,6H,5,7H2,1H3,(H,19,20). The molecule has 0 spiro atoms. The van der Waals surface area contributed by atoms with Crippen LogP contribution < -0.4 is 0 Å². The van der Waals surface area contributed by atoms with Crippen molar-refractivity contribution < 1.29 is 19.2 Å². The zero-order valence-corrected chi connectivity index (χ0v) is 13.6. The average Bonchev–Trinajstić information content (AvgIpc) is 3.21. The fourth-order valence-electron chi connectivity index (χ4n) is 2.06. The maximum absolute atomic E-state index is 11.1. The number of thiophene rings is 1. The molecule has 7 nitrogen and oxygen atoms in total. The molecule has 3 rings (SSSR count). The van der Waals surface area contributed by atoms with E-state index < -0.39 is 5.97 Å². The first-order valence-corrected chi connectivity index (χ1v) is 7.76. The van der Waals surface area contributed by atoms with Gasteiger partial charge in [0.25, 0.3) is 0 Å². The van der Waals surface area contributed by atoms with Gasteiger partial charge in [0, 0.05) is 19.4 Å². The van der Waals surface area contributed by atoms with E-state index >= 15 is 0 Å².